The van der Waals surface area contributed by atoms with Crippen LogP contribution in [0, 0.1) is 0 Å². The quantitative estimate of drug-likeness (QED) is 0.893. The van der Waals surface area contributed by atoms with Gasteiger partial charge in [-0.25, -0.2) is 0 Å². The molecule has 1 aromatic carbocycles. The smallest absolute Gasteiger partial charge is 0.223 e. The van der Waals surface area contributed by atoms with Gasteiger partial charge in [0, 0.05) is 25.0 Å². The minimum atomic E-state index is 0.0182. The van der Waals surface area contributed by atoms with Crippen LogP contribution in [0.15, 0.2) is 24.3 Å². The number of hydrogen-bond donors (Lipinski definition) is 1. The van der Waals surface area contributed by atoms with E-state index in [1.807, 2.05) is 11.0 Å². The monoisotopic (exact) mass is 288 g/mol. The van der Waals surface area contributed by atoms with Crippen LogP contribution in [0.2, 0.25) is 0 Å². The Kier molecular flexibility index (Phi) is 4.27. The Labute approximate surface area is 126 Å². The van der Waals surface area contributed by atoms with Crippen molar-refractivity contribution in [3.8, 4) is 0 Å². The van der Waals surface area contributed by atoms with Crippen LogP contribution >= 0.6 is 0 Å². The average molecular weight is 288 g/mol. The number of morpholine rings is 1. The van der Waals surface area contributed by atoms with Crippen molar-refractivity contribution < 1.29 is 9.53 Å². The van der Waals surface area contributed by atoms with Crippen molar-refractivity contribution in [3.63, 3.8) is 0 Å². The first-order valence-electron chi connectivity index (χ1n) is 7.87. The van der Waals surface area contributed by atoms with Gasteiger partial charge in [0.05, 0.1) is 13.2 Å². The molecule has 1 heterocycles. The first-order chi connectivity index (χ1) is 10.2. The van der Waals surface area contributed by atoms with E-state index in [4.69, 9.17) is 10.5 Å². The summed E-state index contributed by atoms with van der Waals surface area (Å²) >= 11 is 0. The fourth-order valence-corrected chi connectivity index (χ4v) is 2.90. The predicted octanol–water partition coefficient (Wildman–Crippen LogP) is 1.51. The zero-order chi connectivity index (χ0) is 14.7. The third-order valence-electron chi connectivity index (χ3n) is 4.53. The van der Waals surface area contributed by atoms with Crippen molar-refractivity contribution >= 4 is 5.91 Å². The molecular weight excluding hydrogens is 264 g/mol. The van der Waals surface area contributed by atoms with Crippen LogP contribution in [-0.2, 0) is 22.4 Å². The summed E-state index contributed by atoms with van der Waals surface area (Å²) in [5.74, 6) is 0.238. The van der Waals surface area contributed by atoms with E-state index in [9.17, 15) is 4.79 Å². The third-order valence-corrected chi connectivity index (χ3v) is 4.53. The van der Waals surface area contributed by atoms with Crippen molar-refractivity contribution in [1.29, 1.82) is 0 Å². The van der Waals surface area contributed by atoms with Crippen molar-refractivity contribution in [1.82, 2.24) is 4.90 Å². The van der Waals surface area contributed by atoms with E-state index in [1.54, 1.807) is 0 Å². The lowest BCUT2D eigenvalue weighted by Gasteiger charge is -2.27. The fraction of sp³-hybridized carbons (Fsp3) is 0.588. The van der Waals surface area contributed by atoms with Crippen LogP contribution in [0.25, 0.3) is 0 Å². The molecule has 4 nitrogen and oxygen atoms in total. The highest BCUT2D eigenvalue weighted by molar-refractivity contribution is 5.76. The van der Waals surface area contributed by atoms with Crippen LogP contribution in [0.4, 0.5) is 0 Å². The molecule has 2 fully saturated rings. The van der Waals surface area contributed by atoms with Crippen LogP contribution in [0.1, 0.15) is 30.4 Å². The zero-order valence-corrected chi connectivity index (χ0v) is 12.5. The van der Waals surface area contributed by atoms with Gasteiger partial charge >= 0.3 is 0 Å². The minimum Gasteiger partial charge on any atom is -0.378 e. The molecule has 1 aliphatic carbocycles. The fourth-order valence-electron chi connectivity index (χ4n) is 2.90. The van der Waals surface area contributed by atoms with Crippen LogP contribution in [0.5, 0.6) is 0 Å². The van der Waals surface area contributed by atoms with Gasteiger partial charge in [0.25, 0.3) is 0 Å². The molecular formula is C17H24N2O2. The van der Waals surface area contributed by atoms with Gasteiger partial charge in [-0.1, -0.05) is 24.3 Å². The van der Waals surface area contributed by atoms with Crippen molar-refractivity contribution in [2.75, 3.05) is 26.3 Å². The Hall–Kier alpha value is -1.39. The lowest BCUT2D eigenvalue weighted by Crippen LogP contribution is -2.40. The normalized spacial score (nSPS) is 20.3. The molecule has 1 saturated heterocycles. The van der Waals surface area contributed by atoms with E-state index >= 15 is 0 Å². The summed E-state index contributed by atoms with van der Waals surface area (Å²) in [6.45, 7) is 2.79. The summed E-state index contributed by atoms with van der Waals surface area (Å²) in [4.78, 5) is 14.1. The van der Waals surface area contributed by atoms with E-state index < -0.39 is 0 Å². The Morgan fingerprint density at radius 3 is 2.52 bits per heavy atom. The van der Waals surface area contributed by atoms with E-state index in [2.05, 4.69) is 18.2 Å². The molecule has 0 bridgehead atoms. The van der Waals surface area contributed by atoms with Gasteiger partial charge in [-0.2, -0.15) is 0 Å². The molecule has 21 heavy (non-hydrogen) atoms. The van der Waals surface area contributed by atoms with Gasteiger partial charge in [-0.3, -0.25) is 4.79 Å². The summed E-state index contributed by atoms with van der Waals surface area (Å²) in [6.07, 6.45) is 4.56. The van der Waals surface area contributed by atoms with E-state index in [1.165, 1.54) is 11.1 Å². The van der Waals surface area contributed by atoms with Gasteiger partial charge in [0.2, 0.25) is 5.91 Å². The summed E-state index contributed by atoms with van der Waals surface area (Å²) in [6, 6.07) is 8.40. The molecule has 0 atom stereocenters. The van der Waals surface area contributed by atoms with Crippen LogP contribution in [-0.4, -0.2) is 42.6 Å². The Bertz CT molecular complexity index is 505. The first kappa shape index (κ1) is 14.5. The Morgan fingerprint density at radius 1 is 1.19 bits per heavy atom. The SMILES string of the molecule is NC1(Cc2ccccc2CCC(=O)N2CCOCC2)CC1. The van der Waals surface area contributed by atoms with Gasteiger partial charge in [0.15, 0.2) is 0 Å². The van der Waals surface area contributed by atoms with Crippen molar-refractivity contribution in [3.05, 3.63) is 35.4 Å². The highest BCUT2D eigenvalue weighted by atomic mass is 16.5. The topological polar surface area (TPSA) is 55.6 Å². The minimum absolute atomic E-state index is 0.0182. The third kappa shape index (κ3) is 3.83. The van der Waals surface area contributed by atoms with Gasteiger partial charge in [-0.05, 0) is 36.8 Å². The van der Waals surface area contributed by atoms with Crippen LogP contribution in [0.3, 0.4) is 0 Å². The number of hydrogen-bond acceptors (Lipinski definition) is 3. The maximum absolute atomic E-state index is 12.2. The zero-order valence-electron chi connectivity index (χ0n) is 12.5. The molecule has 114 valence electrons. The predicted molar refractivity (Wildman–Crippen MR) is 82.0 cm³/mol. The molecule has 0 radical (unpaired) electrons. The number of carbonyl (C=O) groups excluding carboxylic acids is 1. The molecule has 0 unspecified atom stereocenters. The highest BCUT2D eigenvalue weighted by Crippen LogP contribution is 2.36. The molecule has 3 rings (SSSR count). The molecule has 2 aliphatic rings. The Morgan fingerprint density at radius 2 is 1.86 bits per heavy atom. The van der Waals surface area contributed by atoms with Crippen molar-refractivity contribution in [2.45, 2.75) is 37.6 Å². The molecule has 0 aromatic heterocycles. The average Bonchev–Trinajstić information content (AvgIpc) is 3.24. The molecule has 1 saturated carbocycles. The number of amides is 1. The van der Waals surface area contributed by atoms with Crippen molar-refractivity contribution in [2.24, 2.45) is 5.73 Å². The van der Waals surface area contributed by atoms with Gasteiger partial charge in [-0.15, -0.1) is 0 Å². The number of aryl methyl sites for hydroxylation is 1. The molecule has 1 amide bonds. The summed E-state index contributed by atoms with van der Waals surface area (Å²) < 4.78 is 5.29. The molecule has 0 spiro atoms. The molecule has 2 N–H and O–H groups in total. The first-order valence-corrected chi connectivity index (χ1v) is 7.87. The second kappa shape index (κ2) is 6.16. The summed E-state index contributed by atoms with van der Waals surface area (Å²) in [7, 11) is 0. The lowest BCUT2D eigenvalue weighted by atomic mass is 9.96. The highest BCUT2D eigenvalue weighted by Gasteiger charge is 2.38. The molecule has 4 heteroatoms. The summed E-state index contributed by atoms with van der Waals surface area (Å²) in [5, 5.41) is 0. The maximum atomic E-state index is 12.2. The van der Waals surface area contributed by atoms with E-state index in [0.717, 1.165) is 38.8 Å². The van der Waals surface area contributed by atoms with Gasteiger partial charge in [0.1, 0.15) is 0 Å². The standard InChI is InChI=1S/C17H24N2O2/c18-17(7-8-17)13-15-4-2-1-3-14(15)5-6-16(20)19-9-11-21-12-10-19/h1-4H,5-13,18H2. The molecule has 1 aliphatic heterocycles. The van der Waals surface area contributed by atoms with Gasteiger partial charge < -0.3 is 15.4 Å². The maximum Gasteiger partial charge on any atom is 0.223 e. The largest absolute Gasteiger partial charge is 0.378 e. The molecule has 1 aromatic rings. The van der Waals surface area contributed by atoms with E-state index in [-0.39, 0.29) is 11.4 Å². The number of rotatable bonds is 5. The number of carbonyl (C=O) groups is 1. The second-order valence-corrected chi connectivity index (χ2v) is 6.30. The number of nitrogens with two attached hydrogens (primary N) is 1. The second-order valence-electron chi connectivity index (χ2n) is 6.30. The number of nitrogens with zero attached hydrogens (tertiary/aromatic N) is 1. The van der Waals surface area contributed by atoms with Crippen LogP contribution < -0.4 is 5.73 Å². The van der Waals surface area contributed by atoms with E-state index in [0.29, 0.717) is 19.6 Å². The summed E-state index contributed by atoms with van der Waals surface area (Å²) in [5.41, 5.74) is 8.84. The number of ether oxygens (including phenoxy) is 1. The number of benzene rings is 1. The lowest BCUT2D eigenvalue weighted by molar-refractivity contribution is -0.135. The Balaban J connectivity index is 1.58.